The average molecular weight is 444 g/mol. The highest BCUT2D eigenvalue weighted by Gasteiger charge is 2.62. The van der Waals surface area contributed by atoms with E-state index in [4.69, 9.17) is 14.2 Å². The average Bonchev–Trinajstić information content (AvgIpc) is 3.09. The van der Waals surface area contributed by atoms with Crippen LogP contribution in [0.3, 0.4) is 0 Å². The maximum absolute atomic E-state index is 13.6. The summed E-state index contributed by atoms with van der Waals surface area (Å²) in [4.78, 5) is 39.0. The second-order valence-electron chi connectivity index (χ2n) is 9.00. The largest absolute Gasteiger partial charge is 0.507 e. The Morgan fingerprint density at radius 2 is 1.62 bits per heavy atom. The predicted molar refractivity (Wildman–Crippen MR) is 102 cm³/mol. The Balaban J connectivity index is 1.64. The summed E-state index contributed by atoms with van der Waals surface area (Å²) >= 11 is 0. The van der Waals surface area contributed by atoms with Crippen LogP contribution in [0.15, 0.2) is 11.1 Å². The molecule has 0 radical (unpaired) electrons. The second kappa shape index (κ2) is 5.96. The molecule has 10 nitrogen and oxygen atoms in total. The van der Waals surface area contributed by atoms with E-state index in [9.17, 15) is 34.8 Å². The smallest absolute Gasteiger partial charge is 0.309 e. The van der Waals surface area contributed by atoms with Gasteiger partial charge in [0.25, 0.3) is 0 Å². The SMILES string of the molecule is CC1O[C@H]2CC(=O)O[C@H]2c2c(O)c3c(c(O)c21)C(=O)C1=C(C3=O)[C@H]2C[C@H](O)[C@]1(O)[C@@H](C)O2. The monoisotopic (exact) mass is 444 g/mol. The van der Waals surface area contributed by atoms with Crippen molar-refractivity contribution in [2.45, 2.75) is 68.9 Å². The molecule has 4 N–H and O–H groups in total. The third-order valence-electron chi connectivity index (χ3n) is 7.41. The molecule has 7 rings (SSSR count). The van der Waals surface area contributed by atoms with Crippen LogP contribution in [-0.2, 0) is 19.0 Å². The van der Waals surface area contributed by atoms with Crippen LogP contribution in [-0.4, -0.2) is 68.0 Å². The summed E-state index contributed by atoms with van der Waals surface area (Å²) in [6, 6.07) is 0. The Kier molecular flexibility index (Phi) is 3.70. The number of hydrogen-bond acceptors (Lipinski definition) is 10. The summed E-state index contributed by atoms with van der Waals surface area (Å²) in [6.45, 7) is 3.07. The van der Waals surface area contributed by atoms with Crippen molar-refractivity contribution in [3.8, 4) is 11.5 Å². The van der Waals surface area contributed by atoms with Crippen LogP contribution in [0.4, 0.5) is 0 Å². The number of carbonyl (C=O) groups excluding carboxylic acids is 3. The van der Waals surface area contributed by atoms with Gasteiger partial charge >= 0.3 is 5.97 Å². The van der Waals surface area contributed by atoms with Gasteiger partial charge in [0.05, 0.1) is 42.0 Å². The number of ketones is 2. The number of Topliss-reactive ketones (excluding diaryl/α,β-unsaturated/α-hetero) is 2. The molecule has 168 valence electrons. The molecule has 0 amide bonds. The number of phenolic OH excluding ortho intramolecular Hbond substituents is 2. The Bertz CT molecular complexity index is 1170. The van der Waals surface area contributed by atoms with E-state index in [1.54, 1.807) is 6.92 Å². The summed E-state index contributed by atoms with van der Waals surface area (Å²) in [6.07, 6.45) is -5.97. The molecular weight excluding hydrogens is 424 g/mol. The molecule has 4 heterocycles. The van der Waals surface area contributed by atoms with E-state index in [0.717, 1.165) is 0 Å². The quantitative estimate of drug-likeness (QED) is 0.328. The lowest BCUT2D eigenvalue weighted by Gasteiger charge is -2.52. The number of ether oxygens (including phenoxy) is 3. The first-order valence-electron chi connectivity index (χ1n) is 10.4. The first-order chi connectivity index (χ1) is 15.1. The first-order valence-corrected chi connectivity index (χ1v) is 10.4. The van der Waals surface area contributed by atoms with Crippen molar-refractivity contribution in [3.63, 3.8) is 0 Å². The number of aliphatic hydroxyl groups is 2. The van der Waals surface area contributed by atoms with Crippen molar-refractivity contribution in [2.75, 3.05) is 0 Å². The van der Waals surface area contributed by atoms with Gasteiger partial charge in [-0.25, -0.2) is 0 Å². The van der Waals surface area contributed by atoms with E-state index in [1.165, 1.54) is 6.92 Å². The number of aromatic hydroxyl groups is 2. The zero-order valence-electron chi connectivity index (χ0n) is 17.1. The molecule has 2 aliphatic carbocycles. The highest BCUT2D eigenvalue weighted by Crippen LogP contribution is 2.57. The standard InChI is InChI=1S/C22H20O10/c1-5-11-15(21-8(30-5)4-10(24)32-21)19(27)13-14(17(11)25)20(28)16-12(18(13)26)7-3-9(23)22(16,29)6(2)31-7/h5-9,21,23,25,27,29H,3-4H2,1-2H3/t5?,6-,7-,8+,9+,21-,22-/m1/s1. The van der Waals surface area contributed by atoms with Crippen molar-refractivity contribution >= 4 is 17.5 Å². The van der Waals surface area contributed by atoms with Crippen molar-refractivity contribution in [2.24, 2.45) is 0 Å². The number of rotatable bonds is 0. The number of hydrogen-bond donors (Lipinski definition) is 4. The van der Waals surface area contributed by atoms with Gasteiger partial charge < -0.3 is 34.6 Å². The summed E-state index contributed by atoms with van der Waals surface area (Å²) < 4.78 is 16.7. The van der Waals surface area contributed by atoms with Crippen LogP contribution >= 0.6 is 0 Å². The molecule has 2 saturated heterocycles. The summed E-state index contributed by atoms with van der Waals surface area (Å²) in [5, 5.41) is 44.0. The summed E-state index contributed by atoms with van der Waals surface area (Å²) in [5.74, 6) is -3.36. The zero-order valence-corrected chi connectivity index (χ0v) is 17.1. The van der Waals surface area contributed by atoms with E-state index < -0.39 is 82.4 Å². The van der Waals surface area contributed by atoms with Crippen molar-refractivity contribution < 1.29 is 49.0 Å². The maximum Gasteiger partial charge on any atom is 0.309 e. The molecule has 2 fully saturated rings. The van der Waals surface area contributed by atoms with Crippen LogP contribution in [0.2, 0.25) is 0 Å². The van der Waals surface area contributed by atoms with E-state index in [-0.39, 0.29) is 35.1 Å². The first kappa shape index (κ1) is 19.9. The van der Waals surface area contributed by atoms with Gasteiger partial charge in [0.1, 0.15) is 23.2 Å². The number of esters is 1. The van der Waals surface area contributed by atoms with Crippen LogP contribution < -0.4 is 0 Å². The summed E-state index contributed by atoms with van der Waals surface area (Å²) in [7, 11) is 0. The molecule has 0 aromatic heterocycles. The van der Waals surface area contributed by atoms with Crippen molar-refractivity contribution in [3.05, 3.63) is 33.4 Å². The number of benzene rings is 1. The van der Waals surface area contributed by atoms with Gasteiger partial charge in [-0.15, -0.1) is 0 Å². The second-order valence-corrected chi connectivity index (χ2v) is 9.00. The normalized spacial score (nSPS) is 39.4. The molecular formula is C22H20O10. The van der Waals surface area contributed by atoms with Crippen molar-refractivity contribution in [1.82, 2.24) is 0 Å². The van der Waals surface area contributed by atoms with E-state index in [2.05, 4.69) is 0 Å². The number of fused-ring (bicyclic) bond motifs is 6. The van der Waals surface area contributed by atoms with Gasteiger partial charge in [0, 0.05) is 28.7 Å². The molecule has 4 aliphatic heterocycles. The third kappa shape index (κ3) is 2.06. The number of aliphatic hydroxyl groups excluding tert-OH is 1. The number of carbonyl (C=O) groups is 3. The lowest BCUT2D eigenvalue weighted by Crippen LogP contribution is -2.66. The molecule has 6 aliphatic rings. The fourth-order valence-corrected chi connectivity index (χ4v) is 5.95. The molecule has 1 unspecified atom stereocenters. The summed E-state index contributed by atoms with van der Waals surface area (Å²) in [5.41, 5.74) is -3.41. The van der Waals surface area contributed by atoms with Crippen LogP contribution in [0, 0.1) is 0 Å². The van der Waals surface area contributed by atoms with Gasteiger partial charge in [-0.2, -0.15) is 0 Å². The molecule has 1 aromatic carbocycles. The van der Waals surface area contributed by atoms with Gasteiger partial charge in [0.15, 0.2) is 17.7 Å². The molecule has 32 heavy (non-hydrogen) atoms. The topological polar surface area (TPSA) is 160 Å². The van der Waals surface area contributed by atoms with Crippen LogP contribution in [0.25, 0.3) is 0 Å². The lowest BCUT2D eigenvalue weighted by atomic mass is 9.63. The lowest BCUT2D eigenvalue weighted by molar-refractivity contribution is -0.207. The zero-order chi connectivity index (χ0) is 22.9. The van der Waals surface area contributed by atoms with Crippen molar-refractivity contribution in [1.29, 1.82) is 0 Å². The minimum Gasteiger partial charge on any atom is -0.507 e. The van der Waals surface area contributed by atoms with Crippen LogP contribution in [0.5, 0.6) is 11.5 Å². The Morgan fingerprint density at radius 1 is 0.969 bits per heavy atom. The van der Waals surface area contributed by atoms with E-state index >= 15 is 0 Å². The Hall–Kier alpha value is -2.79. The van der Waals surface area contributed by atoms with E-state index in [0.29, 0.717) is 0 Å². The Labute approximate surface area is 181 Å². The molecule has 0 spiro atoms. The molecule has 2 bridgehead atoms. The molecule has 7 atom stereocenters. The Morgan fingerprint density at radius 3 is 2.31 bits per heavy atom. The van der Waals surface area contributed by atoms with Gasteiger partial charge in [-0.3, -0.25) is 14.4 Å². The van der Waals surface area contributed by atoms with Gasteiger partial charge in [-0.1, -0.05) is 0 Å². The molecule has 10 heteroatoms. The molecule has 0 saturated carbocycles. The minimum atomic E-state index is -2.14. The van der Waals surface area contributed by atoms with E-state index in [1.807, 2.05) is 0 Å². The fraction of sp³-hybridized carbons (Fsp3) is 0.500. The molecule has 1 aromatic rings. The number of phenols is 2. The van der Waals surface area contributed by atoms with Gasteiger partial charge in [-0.05, 0) is 13.8 Å². The third-order valence-corrected chi connectivity index (χ3v) is 7.41. The predicted octanol–water partition coefficient (Wildman–Crippen LogP) is 0.504. The van der Waals surface area contributed by atoms with Crippen LogP contribution in [0.1, 0.15) is 70.7 Å². The maximum atomic E-state index is 13.6. The highest BCUT2D eigenvalue weighted by molar-refractivity contribution is 6.30. The highest BCUT2D eigenvalue weighted by atomic mass is 16.6. The minimum absolute atomic E-state index is 0.0371. The van der Waals surface area contributed by atoms with Gasteiger partial charge in [0.2, 0.25) is 0 Å². The fourth-order valence-electron chi connectivity index (χ4n) is 5.95.